The van der Waals surface area contributed by atoms with E-state index in [0.29, 0.717) is 15.0 Å². The van der Waals surface area contributed by atoms with Gasteiger partial charge in [-0.1, -0.05) is 0 Å². The first-order chi connectivity index (χ1) is 11.2. The molecule has 0 aromatic heterocycles. The van der Waals surface area contributed by atoms with Crippen molar-refractivity contribution in [3.63, 3.8) is 0 Å². The Hall–Kier alpha value is -1.84. The summed E-state index contributed by atoms with van der Waals surface area (Å²) in [4.78, 5) is 0. The van der Waals surface area contributed by atoms with Crippen LogP contribution in [0.2, 0.25) is 0 Å². The third kappa shape index (κ3) is 4.57. The van der Waals surface area contributed by atoms with Crippen LogP contribution in [0, 0.1) is 0 Å². The van der Waals surface area contributed by atoms with E-state index in [1.54, 1.807) is 28.4 Å². The van der Waals surface area contributed by atoms with E-state index in [2.05, 4.69) is 12.1 Å². The van der Waals surface area contributed by atoms with Gasteiger partial charge >= 0.3 is 144 Å². The van der Waals surface area contributed by atoms with Crippen LogP contribution in [0.1, 0.15) is 11.1 Å². The minimum absolute atomic E-state index is 0.406. The fourth-order valence-corrected chi connectivity index (χ4v) is 4.35. The Kier molecular flexibility index (Phi) is 6.63. The van der Waals surface area contributed by atoms with E-state index in [9.17, 15) is 0 Å². The zero-order chi connectivity index (χ0) is 16.7. The molecule has 0 radical (unpaired) electrons. The Morgan fingerprint density at radius 1 is 0.652 bits per heavy atom. The predicted molar refractivity (Wildman–Crippen MR) is 92.3 cm³/mol. The van der Waals surface area contributed by atoms with Crippen LogP contribution in [0.25, 0.3) is 0 Å². The molecule has 0 spiro atoms. The van der Waals surface area contributed by atoms with Crippen molar-refractivity contribution in [2.75, 3.05) is 28.4 Å². The molecule has 0 saturated carbocycles. The molecule has 0 aliphatic carbocycles. The molecule has 0 amide bonds. The molecule has 0 heterocycles. The second kappa shape index (κ2) is 8.70. The van der Waals surface area contributed by atoms with Crippen molar-refractivity contribution in [3.05, 3.63) is 47.5 Å². The Morgan fingerprint density at radius 2 is 1.09 bits per heavy atom. The monoisotopic (exact) mass is 382 g/mol. The summed E-state index contributed by atoms with van der Waals surface area (Å²) in [6.45, 7) is 0. The van der Waals surface area contributed by atoms with Crippen LogP contribution in [0.5, 0.6) is 23.0 Å². The third-order valence-electron chi connectivity index (χ3n) is 3.50. The van der Waals surface area contributed by atoms with Gasteiger partial charge in [0.05, 0.1) is 0 Å². The maximum absolute atomic E-state index is 5.45. The van der Waals surface area contributed by atoms with Gasteiger partial charge in [-0.3, -0.25) is 0 Å². The van der Waals surface area contributed by atoms with Gasteiger partial charge in [-0.2, -0.15) is 0 Å². The molecule has 0 fully saturated rings. The van der Waals surface area contributed by atoms with Crippen LogP contribution in [-0.2, 0) is 10.6 Å². The maximum atomic E-state index is 5.45. The molecule has 0 N–H and O–H groups in total. The molecule has 2 aromatic carbocycles. The summed E-state index contributed by atoms with van der Waals surface area (Å²) in [5.41, 5.74) is 2.42. The van der Waals surface area contributed by atoms with Gasteiger partial charge in [-0.25, -0.2) is 0 Å². The first-order valence-corrected chi connectivity index (χ1v) is 9.63. The zero-order valence-electron chi connectivity index (χ0n) is 13.9. The molecule has 2 rings (SSSR count). The molecule has 0 aliphatic rings. The molecular formula is C18H22O4Se. The van der Waals surface area contributed by atoms with E-state index in [1.807, 2.05) is 24.3 Å². The molecule has 124 valence electrons. The summed E-state index contributed by atoms with van der Waals surface area (Å²) in [6.07, 6.45) is 0. The van der Waals surface area contributed by atoms with Crippen LogP contribution in [0.3, 0.4) is 0 Å². The van der Waals surface area contributed by atoms with Crippen molar-refractivity contribution in [3.8, 4) is 23.0 Å². The van der Waals surface area contributed by atoms with Gasteiger partial charge < -0.3 is 0 Å². The van der Waals surface area contributed by atoms with Gasteiger partial charge in [0.1, 0.15) is 0 Å². The average molecular weight is 381 g/mol. The number of hydrogen-bond acceptors (Lipinski definition) is 4. The molecule has 0 aliphatic heterocycles. The fraction of sp³-hybridized carbons (Fsp3) is 0.333. The number of ether oxygens (including phenoxy) is 4. The van der Waals surface area contributed by atoms with Crippen molar-refractivity contribution < 1.29 is 18.9 Å². The molecular weight excluding hydrogens is 359 g/mol. The van der Waals surface area contributed by atoms with Gasteiger partial charge in [0.2, 0.25) is 0 Å². The van der Waals surface area contributed by atoms with Gasteiger partial charge in [0, 0.05) is 0 Å². The van der Waals surface area contributed by atoms with Crippen molar-refractivity contribution in [2.24, 2.45) is 0 Å². The van der Waals surface area contributed by atoms with Crippen LogP contribution in [-0.4, -0.2) is 43.4 Å². The van der Waals surface area contributed by atoms with Crippen molar-refractivity contribution >= 4 is 15.0 Å². The molecule has 0 saturated heterocycles. The molecule has 4 nitrogen and oxygen atoms in total. The Bertz CT molecular complexity index is 587. The van der Waals surface area contributed by atoms with Gasteiger partial charge in [0.15, 0.2) is 0 Å². The number of methoxy groups -OCH3 is 4. The van der Waals surface area contributed by atoms with Crippen LogP contribution < -0.4 is 18.9 Å². The fourth-order valence-electron chi connectivity index (χ4n) is 2.21. The Labute approximate surface area is 143 Å². The molecule has 0 bridgehead atoms. The SMILES string of the molecule is COc1ccc(C[Se]Cc2ccc(OC)cc2OC)c(OC)c1. The minimum atomic E-state index is 0.406. The van der Waals surface area contributed by atoms with Crippen molar-refractivity contribution in [1.29, 1.82) is 0 Å². The Balaban J connectivity index is 2.02. The summed E-state index contributed by atoms with van der Waals surface area (Å²) >= 11 is 0.406. The first kappa shape index (κ1) is 17.5. The second-order valence-corrected chi connectivity index (χ2v) is 6.92. The van der Waals surface area contributed by atoms with E-state index in [-0.39, 0.29) is 0 Å². The van der Waals surface area contributed by atoms with E-state index >= 15 is 0 Å². The van der Waals surface area contributed by atoms with E-state index in [0.717, 1.165) is 33.6 Å². The number of hydrogen-bond donors (Lipinski definition) is 0. The van der Waals surface area contributed by atoms with E-state index in [4.69, 9.17) is 18.9 Å². The van der Waals surface area contributed by atoms with Crippen LogP contribution in [0.4, 0.5) is 0 Å². The normalized spacial score (nSPS) is 10.3. The van der Waals surface area contributed by atoms with Gasteiger partial charge in [0.25, 0.3) is 0 Å². The molecule has 5 heteroatoms. The standard InChI is InChI=1S/C18H22O4Se/c1-19-15-7-5-13(17(9-15)21-3)11-23-12-14-6-8-16(20-2)10-18(14)22-4/h5-10H,11-12H2,1-4H3. The first-order valence-electron chi connectivity index (χ1n) is 7.21. The zero-order valence-corrected chi connectivity index (χ0v) is 15.6. The van der Waals surface area contributed by atoms with Gasteiger partial charge in [-0.05, 0) is 0 Å². The topological polar surface area (TPSA) is 36.9 Å². The summed E-state index contributed by atoms with van der Waals surface area (Å²) in [7, 11) is 6.71. The van der Waals surface area contributed by atoms with Crippen molar-refractivity contribution in [1.82, 2.24) is 0 Å². The molecule has 0 atom stereocenters. The van der Waals surface area contributed by atoms with Gasteiger partial charge in [-0.15, -0.1) is 0 Å². The third-order valence-corrected chi connectivity index (χ3v) is 5.67. The summed E-state index contributed by atoms with van der Waals surface area (Å²) in [5.74, 6) is 3.39. The average Bonchev–Trinajstić information content (AvgIpc) is 2.61. The van der Waals surface area contributed by atoms with Crippen LogP contribution in [0.15, 0.2) is 36.4 Å². The number of benzene rings is 2. The van der Waals surface area contributed by atoms with Crippen molar-refractivity contribution in [2.45, 2.75) is 10.6 Å². The second-order valence-electron chi connectivity index (χ2n) is 4.85. The molecule has 0 unspecified atom stereocenters. The summed E-state index contributed by atoms with van der Waals surface area (Å²) < 4.78 is 21.4. The number of rotatable bonds is 8. The molecule has 2 aromatic rings. The van der Waals surface area contributed by atoms with E-state index < -0.39 is 0 Å². The summed E-state index contributed by atoms with van der Waals surface area (Å²) in [5, 5.41) is 1.99. The predicted octanol–water partition coefficient (Wildman–Crippen LogP) is 3.13. The van der Waals surface area contributed by atoms with Crippen LogP contribution >= 0.6 is 0 Å². The quantitative estimate of drug-likeness (QED) is 0.659. The summed E-state index contributed by atoms with van der Waals surface area (Å²) in [6, 6.07) is 12.0. The molecule has 23 heavy (non-hydrogen) atoms. The Morgan fingerprint density at radius 3 is 1.43 bits per heavy atom. The van der Waals surface area contributed by atoms with E-state index in [1.165, 1.54) is 11.1 Å².